The summed E-state index contributed by atoms with van der Waals surface area (Å²) < 4.78 is 6.79. The number of piperidine rings is 1. The third kappa shape index (κ3) is 6.82. The first-order chi connectivity index (χ1) is 24.2. The highest BCUT2D eigenvalue weighted by atomic mass is 35.5. The van der Waals surface area contributed by atoms with Crippen LogP contribution in [0.2, 0.25) is 5.02 Å². The first-order valence-corrected chi connectivity index (χ1v) is 18.5. The summed E-state index contributed by atoms with van der Waals surface area (Å²) in [5.74, 6) is 1.49. The number of H-pyrrole nitrogens is 1. The van der Waals surface area contributed by atoms with Crippen LogP contribution in [0.3, 0.4) is 0 Å². The Kier molecular flexibility index (Phi) is 11.3. The summed E-state index contributed by atoms with van der Waals surface area (Å²) in [5.41, 5.74) is 5.38. The zero-order valence-electron chi connectivity index (χ0n) is 30.2. The lowest BCUT2D eigenvalue weighted by Crippen LogP contribution is -2.57. The van der Waals surface area contributed by atoms with E-state index in [0.29, 0.717) is 29.7 Å². The number of hydrogen-bond acceptors (Lipinski definition) is 7. The largest absolute Gasteiger partial charge is 0.488 e. The number of allylic oxidation sites excluding steroid dienone is 1. The molecular formula is C39H52ClN7O3. The zero-order valence-corrected chi connectivity index (χ0v) is 31.0. The van der Waals surface area contributed by atoms with Gasteiger partial charge in [0, 0.05) is 66.4 Å². The van der Waals surface area contributed by atoms with Gasteiger partial charge in [-0.15, -0.1) is 0 Å². The molecule has 10 nitrogen and oxygen atoms in total. The van der Waals surface area contributed by atoms with Gasteiger partial charge in [0.25, 0.3) is 0 Å². The number of aromatic nitrogens is 2. The van der Waals surface area contributed by atoms with Crippen LogP contribution in [0, 0.1) is 6.92 Å². The quantitative estimate of drug-likeness (QED) is 0.124. The predicted molar refractivity (Wildman–Crippen MR) is 203 cm³/mol. The SMILES string of the molecule is C=CC=O.CN=C(c1cc(Cl)c(-c2c(C)ccc3[nH]ncc23)c2c1N(C=O)[C@@H](CCCN1C3CCCC1CC3)CO2)N1C[C@@H](C)N(C)C[C@@H]1C. The monoisotopic (exact) mass is 701 g/mol. The van der Waals surface area contributed by atoms with Crippen LogP contribution in [0.1, 0.15) is 69.9 Å². The molecule has 2 bridgehead atoms. The molecule has 3 fully saturated rings. The van der Waals surface area contributed by atoms with E-state index < -0.39 is 0 Å². The van der Waals surface area contributed by atoms with Crippen molar-refractivity contribution < 1.29 is 14.3 Å². The van der Waals surface area contributed by atoms with E-state index in [0.717, 1.165) is 95.6 Å². The number of rotatable bonds is 8. The molecule has 7 rings (SSSR count). The summed E-state index contributed by atoms with van der Waals surface area (Å²) >= 11 is 7.29. The molecule has 268 valence electrons. The van der Waals surface area contributed by atoms with E-state index in [2.05, 4.69) is 65.4 Å². The fraction of sp³-hybridized carbons (Fsp3) is 0.538. The molecule has 1 N–H and O–H groups in total. The summed E-state index contributed by atoms with van der Waals surface area (Å²) in [6.07, 6.45) is 13.3. The van der Waals surface area contributed by atoms with E-state index in [4.69, 9.17) is 26.1 Å². The number of amides is 1. The number of carbonyl (C=O) groups excluding carboxylic acids is 2. The number of likely N-dealkylation sites (N-methyl/N-ethyl adjacent to an activating group) is 1. The summed E-state index contributed by atoms with van der Waals surface area (Å²) in [7, 11) is 4.02. The second kappa shape index (κ2) is 15.7. The maximum absolute atomic E-state index is 13.2. The summed E-state index contributed by atoms with van der Waals surface area (Å²) in [5, 5.41) is 8.99. The van der Waals surface area contributed by atoms with E-state index in [-0.39, 0.29) is 12.1 Å². The van der Waals surface area contributed by atoms with Crippen molar-refractivity contribution in [2.75, 3.05) is 45.2 Å². The van der Waals surface area contributed by atoms with Gasteiger partial charge >= 0.3 is 0 Å². The molecule has 50 heavy (non-hydrogen) atoms. The highest BCUT2D eigenvalue weighted by Crippen LogP contribution is 2.51. The minimum atomic E-state index is -0.0759. The Balaban J connectivity index is 0.00000103. The molecule has 5 heterocycles. The van der Waals surface area contributed by atoms with Gasteiger partial charge in [0.1, 0.15) is 18.7 Å². The van der Waals surface area contributed by atoms with Gasteiger partial charge < -0.3 is 14.5 Å². The van der Waals surface area contributed by atoms with E-state index >= 15 is 0 Å². The van der Waals surface area contributed by atoms with Gasteiger partial charge in [0.05, 0.1) is 28.5 Å². The van der Waals surface area contributed by atoms with E-state index in [1.807, 2.05) is 30.3 Å². The number of nitrogens with one attached hydrogen (secondary N) is 1. The van der Waals surface area contributed by atoms with Crippen LogP contribution in [0.15, 0.2) is 42.0 Å². The minimum Gasteiger partial charge on any atom is -0.488 e. The number of halogens is 1. The Morgan fingerprint density at radius 3 is 2.54 bits per heavy atom. The Labute approximate surface area is 301 Å². The normalized spacial score (nSPS) is 25.5. The number of nitrogens with zero attached hydrogens (tertiary/aromatic N) is 6. The molecular weight excluding hydrogens is 650 g/mol. The molecule has 0 aliphatic carbocycles. The first kappa shape index (κ1) is 36.1. The maximum atomic E-state index is 13.2. The molecule has 0 spiro atoms. The lowest BCUT2D eigenvalue weighted by atomic mass is 9.91. The van der Waals surface area contributed by atoms with Crippen molar-refractivity contribution in [3.8, 4) is 16.9 Å². The third-order valence-corrected chi connectivity index (χ3v) is 11.7. The number of hydrogen-bond donors (Lipinski definition) is 1. The van der Waals surface area contributed by atoms with Crippen molar-refractivity contribution >= 4 is 46.7 Å². The van der Waals surface area contributed by atoms with Crippen LogP contribution in [0.4, 0.5) is 5.69 Å². The topological polar surface area (TPSA) is 97.4 Å². The Bertz CT molecular complexity index is 1720. The second-order valence-electron chi connectivity index (χ2n) is 14.4. The average Bonchev–Trinajstić information content (AvgIpc) is 3.67. The number of benzene rings is 2. The highest BCUT2D eigenvalue weighted by Gasteiger charge is 2.39. The van der Waals surface area contributed by atoms with Crippen molar-refractivity contribution in [1.29, 1.82) is 0 Å². The second-order valence-corrected chi connectivity index (χ2v) is 14.8. The highest BCUT2D eigenvalue weighted by molar-refractivity contribution is 6.35. The molecule has 4 aliphatic rings. The molecule has 2 unspecified atom stereocenters. The summed E-state index contributed by atoms with van der Waals surface area (Å²) in [6, 6.07) is 8.13. The number of aldehydes is 1. The number of aliphatic imine (C=N–C) groups is 1. The maximum Gasteiger partial charge on any atom is 0.214 e. The number of fused-ring (bicyclic) bond motifs is 4. The van der Waals surface area contributed by atoms with Crippen molar-refractivity contribution in [1.82, 2.24) is 24.9 Å². The van der Waals surface area contributed by atoms with Gasteiger partial charge in [0.2, 0.25) is 6.41 Å². The Hall–Kier alpha value is -3.73. The van der Waals surface area contributed by atoms with Crippen LogP contribution in [0.25, 0.3) is 22.0 Å². The summed E-state index contributed by atoms with van der Waals surface area (Å²) in [4.78, 5) is 36.6. The molecule has 1 amide bonds. The van der Waals surface area contributed by atoms with Crippen LogP contribution in [-0.4, -0.2) is 114 Å². The molecule has 0 saturated carbocycles. The van der Waals surface area contributed by atoms with Crippen molar-refractivity contribution in [2.45, 2.75) is 95.9 Å². The first-order valence-electron chi connectivity index (χ1n) is 18.1. The molecule has 2 aromatic carbocycles. The molecule has 11 heteroatoms. The fourth-order valence-electron chi connectivity index (χ4n) is 8.78. The van der Waals surface area contributed by atoms with Crippen molar-refractivity contribution in [3.63, 3.8) is 0 Å². The minimum absolute atomic E-state index is 0.0759. The number of ether oxygens (including phenoxy) is 1. The fourth-order valence-corrected chi connectivity index (χ4v) is 9.06. The van der Waals surface area contributed by atoms with E-state index in [1.165, 1.54) is 38.2 Å². The Morgan fingerprint density at radius 2 is 1.86 bits per heavy atom. The number of anilines is 1. The van der Waals surface area contributed by atoms with Crippen LogP contribution in [0.5, 0.6) is 5.75 Å². The van der Waals surface area contributed by atoms with Gasteiger partial charge in [-0.3, -0.25) is 29.5 Å². The Morgan fingerprint density at radius 1 is 1.12 bits per heavy atom. The number of aryl methyl sites for hydroxylation is 1. The number of piperazine rings is 1. The lowest BCUT2D eigenvalue weighted by molar-refractivity contribution is -0.108. The number of amidine groups is 1. The van der Waals surface area contributed by atoms with E-state index in [9.17, 15) is 4.79 Å². The van der Waals surface area contributed by atoms with Gasteiger partial charge in [-0.2, -0.15) is 5.10 Å². The standard InChI is InChI=1S/C36H48ClN7O2.C3H4O/c1-22-11-14-31-29(17-39-40-31)32(22)33-30(37)16-28(36(38-4)43-19-23(2)41(5)18-24(43)3)34-35(33)46-20-27(44(34)21-45)10-7-15-42-25-8-6-9-26(42)13-12-25;1-2-3-4/h11,14,16-17,21,23-27H,6-10,12-13,15,18-20H2,1-5H3,(H,39,40);2-3H,1H2/t23-,24+,25?,26?,27+;/m1./s1. The van der Waals surface area contributed by atoms with E-state index in [1.54, 1.807) is 0 Å². The van der Waals surface area contributed by atoms with Gasteiger partial charge in [-0.25, -0.2) is 0 Å². The van der Waals surface area contributed by atoms with Crippen LogP contribution >= 0.6 is 11.6 Å². The molecule has 4 aliphatic heterocycles. The van der Waals surface area contributed by atoms with Gasteiger partial charge in [-0.05, 0) is 96.7 Å². The molecule has 1 aromatic heterocycles. The summed E-state index contributed by atoms with van der Waals surface area (Å²) in [6.45, 7) is 12.9. The predicted octanol–water partition coefficient (Wildman–Crippen LogP) is 6.48. The average molecular weight is 702 g/mol. The third-order valence-electron chi connectivity index (χ3n) is 11.4. The van der Waals surface area contributed by atoms with Crippen LogP contribution in [-0.2, 0) is 9.59 Å². The van der Waals surface area contributed by atoms with Crippen LogP contribution < -0.4 is 9.64 Å². The lowest BCUT2D eigenvalue weighted by Gasteiger charge is -2.45. The number of aromatic amines is 1. The van der Waals surface area contributed by atoms with Gasteiger partial charge in [-0.1, -0.05) is 30.7 Å². The molecule has 0 radical (unpaired) electrons. The molecule has 3 saturated heterocycles. The van der Waals surface area contributed by atoms with Crippen molar-refractivity contribution in [2.24, 2.45) is 4.99 Å². The number of carbonyl (C=O) groups is 2. The zero-order chi connectivity index (χ0) is 35.5. The molecule has 5 atom stereocenters. The van der Waals surface area contributed by atoms with Crippen molar-refractivity contribution in [3.05, 3.63) is 53.2 Å². The smallest absolute Gasteiger partial charge is 0.214 e. The van der Waals surface area contributed by atoms with Gasteiger partial charge in [0.15, 0.2) is 5.75 Å². The molecule has 3 aromatic rings.